The molecule has 0 spiro atoms. The second-order valence-corrected chi connectivity index (χ2v) is 1.35. The zero-order valence-corrected chi connectivity index (χ0v) is 9.05. The van der Waals surface area contributed by atoms with Crippen molar-refractivity contribution in [2.45, 2.75) is 6.92 Å². The maximum atomic E-state index is 3.31. The SMILES string of the molecule is C=C=[C-]SC#CC.[K+]. The molecule has 2 heteroatoms. The first-order valence-electron chi connectivity index (χ1n) is 1.76. The van der Waals surface area contributed by atoms with Gasteiger partial charge in [-0.1, -0.05) is 11.2 Å². The minimum absolute atomic E-state index is 0. The molecule has 0 atom stereocenters. The van der Waals surface area contributed by atoms with E-state index in [1.807, 2.05) is 0 Å². The number of thioether (sulfide) groups is 1. The van der Waals surface area contributed by atoms with E-state index in [9.17, 15) is 0 Å². The Kier molecular flexibility index (Phi) is 16.2. The van der Waals surface area contributed by atoms with E-state index >= 15 is 0 Å². The standard InChI is InChI=1S/C6H5S.K/c1-3-5-7-6-4-2;/h1H2,2H3;/q-1;+1. The quantitative estimate of drug-likeness (QED) is 0.195. The van der Waals surface area contributed by atoms with Crippen LogP contribution in [0.25, 0.3) is 0 Å². The van der Waals surface area contributed by atoms with Gasteiger partial charge in [-0.15, -0.1) is 0 Å². The molecule has 8 heavy (non-hydrogen) atoms. The fourth-order valence-electron chi connectivity index (χ4n) is 0.113. The molecule has 0 rings (SSSR count). The van der Waals surface area contributed by atoms with Crippen LogP contribution in [0.5, 0.6) is 0 Å². The molecule has 0 unspecified atom stereocenters. The topological polar surface area (TPSA) is 0 Å². The van der Waals surface area contributed by atoms with Crippen LogP contribution in [0.4, 0.5) is 0 Å². The molecule has 36 valence electrons. The third-order valence-corrected chi connectivity index (χ3v) is 0.829. The summed E-state index contributed by atoms with van der Waals surface area (Å²) in [7, 11) is 0. The van der Waals surface area contributed by atoms with E-state index < -0.39 is 0 Å². The zero-order chi connectivity index (χ0) is 5.54. The molecule has 0 saturated carbocycles. The van der Waals surface area contributed by atoms with E-state index in [1.54, 1.807) is 6.92 Å². The van der Waals surface area contributed by atoms with Crippen molar-refractivity contribution in [2.24, 2.45) is 0 Å². The Bertz CT molecular complexity index is 134. The Morgan fingerprint density at radius 2 is 2.25 bits per heavy atom. The van der Waals surface area contributed by atoms with Crippen LogP contribution in [-0.4, -0.2) is 0 Å². The fraction of sp³-hybridized carbons (Fsp3) is 0.167. The molecule has 0 N–H and O–H groups in total. The van der Waals surface area contributed by atoms with E-state index in [0.29, 0.717) is 0 Å². The molecule has 0 heterocycles. The van der Waals surface area contributed by atoms with E-state index in [4.69, 9.17) is 0 Å². The second kappa shape index (κ2) is 10.9. The van der Waals surface area contributed by atoms with E-state index in [0.717, 1.165) is 0 Å². The summed E-state index contributed by atoms with van der Waals surface area (Å²) >= 11 is 1.27. The van der Waals surface area contributed by atoms with Crippen molar-refractivity contribution in [3.8, 4) is 11.2 Å². The number of hydrogen-bond acceptors (Lipinski definition) is 1. The van der Waals surface area contributed by atoms with Crippen LogP contribution in [0.1, 0.15) is 6.92 Å². The molecule has 0 saturated heterocycles. The van der Waals surface area contributed by atoms with Gasteiger partial charge in [0.1, 0.15) is 0 Å². The molecule has 0 aliphatic heterocycles. The average Bonchev–Trinajstić information content (AvgIpc) is 1.69. The van der Waals surface area contributed by atoms with Gasteiger partial charge in [0.25, 0.3) is 0 Å². The average molecular weight is 148 g/mol. The Hall–Kier alpha value is 1.07. The van der Waals surface area contributed by atoms with Gasteiger partial charge in [0.15, 0.2) is 0 Å². The van der Waals surface area contributed by atoms with Gasteiger partial charge >= 0.3 is 51.4 Å². The third kappa shape index (κ3) is 10.1. The molecule has 0 radical (unpaired) electrons. The van der Waals surface area contributed by atoms with Gasteiger partial charge in [-0.05, 0) is 6.92 Å². The van der Waals surface area contributed by atoms with Gasteiger partial charge in [-0.2, -0.15) is 17.2 Å². The number of rotatable bonds is 1. The molecular formula is C6H5KS. The summed E-state index contributed by atoms with van der Waals surface area (Å²) in [4.78, 5) is 0. The van der Waals surface area contributed by atoms with Crippen LogP contribution in [0.2, 0.25) is 0 Å². The summed E-state index contributed by atoms with van der Waals surface area (Å²) in [6.45, 7) is 5.08. The van der Waals surface area contributed by atoms with Crippen molar-refractivity contribution >= 4 is 11.8 Å². The fourth-order valence-corrected chi connectivity index (χ4v) is 0.338. The predicted molar refractivity (Wildman–Crippen MR) is 33.4 cm³/mol. The summed E-state index contributed by atoms with van der Waals surface area (Å²) in [5.74, 6) is 2.69. The van der Waals surface area contributed by atoms with Crippen LogP contribution in [0.3, 0.4) is 0 Å². The monoisotopic (exact) mass is 148 g/mol. The molecular weight excluding hydrogens is 143 g/mol. The van der Waals surface area contributed by atoms with Crippen molar-refractivity contribution < 1.29 is 51.4 Å². The van der Waals surface area contributed by atoms with Gasteiger partial charge < -0.3 is 5.73 Å². The van der Waals surface area contributed by atoms with Gasteiger partial charge in [0.2, 0.25) is 0 Å². The summed E-state index contributed by atoms with van der Waals surface area (Å²) in [5.41, 5.74) is 2.46. The molecule has 0 aliphatic rings. The van der Waals surface area contributed by atoms with Gasteiger partial charge in [0, 0.05) is 0 Å². The Morgan fingerprint density at radius 3 is 2.62 bits per heavy atom. The van der Waals surface area contributed by atoms with Crippen molar-refractivity contribution in [3.05, 3.63) is 17.7 Å². The Balaban J connectivity index is 0. The van der Waals surface area contributed by atoms with Gasteiger partial charge in [0.05, 0.1) is 0 Å². The van der Waals surface area contributed by atoms with Crippen molar-refractivity contribution in [1.82, 2.24) is 0 Å². The Labute approximate surface area is 97.2 Å². The van der Waals surface area contributed by atoms with E-state index in [2.05, 4.69) is 28.9 Å². The molecule has 0 nitrogen and oxygen atoms in total. The molecule has 0 aliphatic carbocycles. The smallest absolute Gasteiger partial charge is 0.326 e. The first-order chi connectivity index (χ1) is 3.41. The second-order valence-electron chi connectivity index (χ2n) is 0.733. The molecule has 0 aromatic heterocycles. The van der Waals surface area contributed by atoms with Crippen LogP contribution < -0.4 is 51.4 Å². The van der Waals surface area contributed by atoms with Gasteiger partial charge in [-0.3, -0.25) is 0 Å². The first-order valence-corrected chi connectivity index (χ1v) is 2.58. The van der Waals surface area contributed by atoms with Crippen LogP contribution in [0.15, 0.2) is 12.3 Å². The molecule has 0 bridgehead atoms. The zero-order valence-electron chi connectivity index (χ0n) is 5.12. The molecule has 0 aromatic carbocycles. The minimum Gasteiger partial charge on any atom is -0.326 e. The predicted octanol–water partition coefficient (Wildman–Crippen LogP) is -1.19. The van der Waals surface area contributed by atoms with Crippen LogP contribution in [0, 0.1) is 16.6 Å². The molecule has 0 aromatic rings. The maximum Gasteiger partial charge on any atom is 1.00 e. The third-order valence-electron chi connectivity index (χ3n) is 0.276. The summed E-state index contributed by atoms with van der Waals surface area (Å²) in [6, 6.07) is 0. The van der Waals surface area contributed by atoms with Crippen LogP contribution >= 0.6 is 11.8 Å². The van der Waals surface area contributed by atoms with Crippen molar-refractivity contribution in [3.63, 3.8) is 0 Å². The molecule has 0 amide bonds. The largest absolute Gasteiger partial charge is 1.00 e. The molecule has 0 fully saturated rings. The minimum atomic E-state index is 0. The summed E-state index contributed by atoms with van der Waals surface area (Å²) in [6.07, 6.45) is 0. The van der Waals surface area contributed by atoms with Crippen LogP contribution in [-0.2, 0) is 0 Å². The van der Waals surface area contributed by atoms with Crippen molar-refractivity contribution in [1.29, 1.82) is 0 Å². The maximum absolute atomic E-state index is 3.31. The summed E-state index contributed by atoms with van der Waals surface area (Å²) < 4.78 is 0. The van der Waals surface area contributed by atoms with Crippen molar-refractivity contribution in [2.75, 3.05) is 0 Å². The normalized spacial score (nSPS) is 4.62. The Morgan fingerprint density at radius 1 is 1.62 bits per heavy atom. The van der Waals surface area contributed by atoms with E-state index in [-0.39, 0.29) is 51.4 Å². The van der Waals surface area contributed by atoms with E-state index in [1.165, 1.54) is 11.8 Å². The number of hydrogen-bond donors (Lipinski definition) is 0. The first kappa shape index (κ1) is 11.8. The summed E-state index contributed by atoms with van der Waals surface area (Å²) in [5, 5.41) is 5.33. The van der Waals surface area contributed by atoms with Gasteiger partial charge in [-0.25, -0.2) is 6.58 Å².